The smallest absolute Gasteiger partial charge is 0.268 e. The van der Waals surface area contributed by atoms with Crippen molar-refractivity contribution in [2.75, 3.05) is 17.7 Å². The van der Waals surface area contributed by atoms with Crippen LogP contribution in [0.5, 0.6) is 0 Å². The van der Waals surface area contributed by atoms with Crippen molar-refractivity contribution in [3.05, 3.63) is 18.0 Å². The Labute approximate surface area is 109 Å². The third-order valence-corrected chi connectivity index (χ3v) is 3.87. The number of rotatable bonds is 5. The molecule has 1 heterocycles. The van der Waals surface area contributed by atoms with Crippen LogP contribution in [0.15, 0.2) is 12.3 Å². The molecule has 2 unspecified atom stereocenters. The molecule has 0 saturated heterocycles. The normalized spacial score (nSPS) is 18.3. The first kappa shape index (κ1) is 13.1. The molecule has 1 aliphatic rings. The first-order chi connectivity index (χ1) is 8.47. The number of carbonyl (C=O) groups is 1. The zero-order valence-corrected chi connectivity index (χ0v) is 11.5. The van der Waals surface area contributed by atoms with Gasteiger partial charge in [0.25, 0.3) is 5.91 Å². The Kier molecular flexibility index (Phi) is 3.75. The highest BCUT2D eigenvalue weighted by Crippen LogP contribution is 2.37. The summed E-state index contributed by atoms with van der Waals surface area (Å²) in [6.45, 7) is 1.85. The number of nitrogens with two attached hydrogens (primary N) is 1. The minimum Gasteiger partial charge on any atom is -0.397 e. The summed E-state index contributed by atoms with van der Waals surface area (Å²) < 4.78 is 13.0. The standard InChI is InChI=1S/C12H19N3O2S/c1-8(7-18(2)17)14-12(16)11-5-9(13)6-15(11)10-3-4-10/h5-6,8,10H,3-4,7,13H2,1-2H3,(H,14,16). The minimum absolute atomic E-state index is 0.105. The molecule has 2 atom stereocenters. The van der Waals surface area contributed by atoms with Gasteiger partial charge in [0.05, 0.1) is 5.69 Å². The van der Waals surface area contributed by atoms with Gasteiger partial charge >= 0.3 is 0 Å². The van der Waals surface area contributed by atoms with E-state index in [0.717, 1.165) is 12.8 Å². The number of hydrogen-bond acceptors (Lipinski definition) is 3. The summed E-state index contributed by atoms with van der Waals surface area (Å²) in [6.07, 6.45) is 5.65. The van der Waals surface area contributed by atoms with E-state index < -0.39 is 10.8 Å². The molecule has 1 aliphatic carbocycles. The highest BCUT2D eigenvalue weighted by molar-refractivity contribution is 7.84. The molecule has 0 bridgehead atoms. The molecule has 0 aliphatic heterocycles. The van der Waals surface area contributed by atoms with Gasteiger partial charge in [0, 0.05) is 41.1 Å². The molecular weight excluding hydrogens is 250 g/mol. The van der Waals surface area contributed by atoms with E-state index in [2.05, 4.69) is 5.32 Å². The number of nitrogens with one attached hydrogen (secondary N) is 1. The second-order valence-electron chi connectivity index (χ2n) is 4.91. The van der Waals surface area contributed by atoms with Gasteiger partial charge in [-0.05, 0) is 25.8 Å². The molecule has 1 aromatic rings. The highest BCUT2D eigenvalue weighted by atomic mass is 32.2. The van der Waals surface area contributed by atoms with Gasteiger partial charge in [-0.15, -0.1) is 0 Å². The quantitative estimate of drug-likeness (QED) is 0.834. The second-order valence-corrected chi connectivity index (χ2v) is 6.39. The van der Waals surface area contributed by atoms with E-state index in [0.29, 0.717) is 23.2 Å². The molecule has 1 amide bonds. The van der Waals surface area contributed by atoms with Crippen LogP contribution in [0.4, 0.5) is 5.69 Å². The predicted molar refractivity (Wildman–Crippen MR) is 73.0 cm³/mol. The number of nitrogen functional groups attached to an aromatic ring is 1. The number of hydrogen-bond donors (Lipinski definition) is 2. The summed E-state index contributed by atoms with van der Waals surface area (Å²) in [5.74, 6) is 0.322. The van der Waals surface area contributed by atoms with Crippen LogP contribution in [0, 0.1) is 0 Å². The molecular formula is C12H19N3O2S. The van der Waals surface area contributed by atoms with E-state index in [1.807, 2.05) is 17.7 Å². The van der Waals surface area contributed by atoms with Gasteiger partial charge in [-0.2, -0.15) is 0 Å². The highest BCUT2D eigenvalue weighted by Gasteiger charge is 2.28. The SMILES string of the molecule is CC(CS(C)=O)NC(=O)c1cc(N)cn1C1CC1. The average molecular weight is 269 g/mol. The van der Waals surface area contributed by atoms with Crippen molar-refractivity contribution < 1.29 is 9.00 Å². The summed E-state index contributed by atoms with van der Waals surface area (Å²) >= 11 is 0. The Balaban J connectivity index is 2.06. The molecule has 1 saturated carbocycles. The summed E-state index contributed by atoms with van der Waals surface area (Å²) in [4.78, 5) is 12.1. The first-order valence-corrected chi connectivity index (χ1v) is 7.78. The minimum atomic E-state index is -0.911. The lowest BCUT2D eigenvalue weighted by Gasteiger charge is -2.13. The molecule has 2 rings (SSSR count). The largest absolute Gasteiger partial charge is 0.397 e. The summed E-state index contributed by atoms with van der Waals surface area (Å²) in [6, 6.07) is 2.01. The number of aromatic nitrogens is 1. The molecule has 6 heteroatoms. The Morgan fingerprint density at radius 3 is 2.89 bits per heavy atom. The number of carbonyl (C=O) groups excluding carboxylic acids is 1. The molecule has 1 aromatic heterocycles. The molecule has 1 fully saturated rings. The monoisotopic (exact) mass is 269 g/mol. The van der Waals surface area contributed by atoms with Crippen molar-refractivity contribution in [1.82, 2.24) is 9.88 Å². The fourth-order valence-corrected chi connectivity index (χ4v) is 2.82. The van der Waals surface area contributed by atoms with Gasteiger partial charge in [0.15, 0.2) is 0 Å². The van der Waals surface area contributed by atoms with Crippen LogP contribution >= 0.6 is 0 Å². The Bertz CT molecular complexity index is 480. The van der Waals surface area contributed by atoms with E-state index in [4.69, 9.17) is 5.73 Å². The summed E-state index contributed by atoms with van der Waals surface area (Å²) in [7, 11) is -0.911. The molecule has 5 nitrogen and oxygen atoms in total. The zero-order chi connectivity index (χ0) is 13.3. The molecule has 100 valence electrons. The summed E-state index contributed by atoms with van der Waals surface area (Å²) in [5, 5.41) is 2.86. The van der Waals surface area contributed by atoms with Gasteiger partial charge in [0.2, 0.25) is 0 Å². The third-order valence-electron chi connectivity index (χ3n) is 2.90. The Morgan fingerprint density at radius 2 is 2.33 bits per heavy atom. The van der Waals surface area contributed by atoms with Gasteiger partial charge in [0.1, 0.15) is 5.69 Å². The van der Waals surface area contributed by atoms with E-state index in [9.17, 15) is 9.00 Å². The fraction of sp³-hybridized carbons (Fsp3) is 0.583. The molecule has 0 aromatic carbocycles. The van der Waals surface area contributed by atoms with Crippen LogP contribution in [0.25, 0.3) is 0 Å². The topological polar surface area (TPSA) is 77.1 Å². The van der Waals surface area contributed by atoms with Crippen molar-refractivity contribution in [1.29, 1.82) is 0 Å². The number of amides is 1. The fourth-order valence-electron chi connectivity index (χ4n) is 2.03. The maximum atomic E-state index is 12.1. The van der Waals surface area contributed by atoms with Gasteiger partial charge in [-0.3, -0.25) is 9.00 Å². The summed E-state index contributed by atoms with van der Waals surface area (Å²) in [5.41, 5.74) is 6.96. The number of anilines is 1. The van der Waals surface area contributed by atoms with Crippen LogP contribution < -0.4 is 11.1 Å². The third kappa shape index (κ3) is 3.13. The lowest BCUT2D eigenvalue weighted by molar-refractivity contribution is 0.0934. The van der Waals surface area contributed by atoms with Crippen molar-refractivity contribution in [3.8, 4) is 0 Å². The van der Waals surface area contributed by atoms with Crippen LogP contribution in [0.2, 0.25) is 0 Å². The Hall–Kier alpha value is -1.30. The van der Waals surface area contributed by atoms with Gasteiger partial charge < -0.3 is 15.6 Å². The van der Waals surface area contributed by atoms with Gasteiger partial charge in [-0.25, -0.2) is 0 Å². The van der Waals surface area contributed by atoms with Crippen LogP contribution in [-0.2, 0) is 10.8 Å². The first-order valence-electron chi connectivity index (χ1n) is 6.05. The molecule has 3 N–H and O–H groups in total. The van der Waals surface area contributed by atoms with E-state index >= 15 is 0 Å². The van der Waals surface area contributed by atoms with Gasteiger partial charge in [-0.1, -0.05) is 0 Å². The molecule has 0 spiro atoms. The maximum Gasteiger partial charge on any atom is 0.268 e. The van der Waals surface area contributed by atoms with Crippen LogP contribution in [-0.4, -0.2) is 32.7 Å². The van der Waals surface area contributed by atoms with Crippen molar-refractivity contribution in [2.45, 2.75) is 31.8 Å². The molecule has 18 heavy (non-hydrogen) atoms. The van der Waals surface area contributed by atoms with Crippen LogP contribution in [0.1, 0.15) is 36.3 Å². The predicted octanol–water partition coefficient (Wildman–Crippen LogP) is 0.902. The van der Waals surface area contributed by atoms with E-state index in [-0.39, 0.29) is 11.9 Å². The lowest BCUT2D eigenvalue weighted by atomic mass is 10.3. The van der Waals surface area contributed by atoms with Crippen LogP contribution in [0.3, 0.4) is 0 Å². The van der Waals surface area contributed by atoms with Crippen molar-refractivity contribution in [3.63, 3.8) is 0 Å². The van der Waals surface area contributed by atoms with Crippen molar-refractivity contribution in [2.24, 2.45) is 0 Å². The maximum absolute atomic E-state index is 12.1. The van der Waals surface area contributed by atoms with E-state index in [1.54, 1.807) is 12.3 Å². The zero-order valence-electron chi connectivity index (χ0n) is 10.7. The lowest BCUT2D eigenvalue weighted by Crippen LogP contribution is -2.37. The average Bonchev–Trinajstić information content (AvgIpc) is 3.00. The second kappa shape index (κ2) is 5.14. The Morgan fingerprint density at radius 1 is 1.67 bits per heavy atom. The molecule has 0 radical (unpaired) electrons. The number of nitrogens with zero attached hydrogens (tertiary/aromatic N) is 1. The van der Waals surface area contributed by atoms with E-state index in [1.165, 1.54) is 0 Å². The van der Waals surface area contributed by atoms with Crippen molar-refractivity contribution >= 4 is 22.4 Å².